The predicted molar refractivity (Wildman–Crippen MR) is 83.7 cm³/mol. The van der Waals surface area contributed by atoms with Crippen molar-refractivity contribution >= 4 is 31.6 Å². The molecular weight excluding hydrogens is 358 g/mol. The third kappa shape index (κ3) is 3.52. The van der Waals surface area contributed by atoms with Crippen LogP contribution in [0.4, 0.5) is 5.69 Å². The Labute approximate surface area is 131 Å². The number of halogens is 1. The number of sulfonamides is 1. The first-order chi connectivity index (χ1) is 9.80. The molecule has 2 rings (SSSR count). The van der Waals surface area contributed by atoms with Crippen molar-refractivity contribution in [2.45, 2.75) is 4.90 Å². The zero-order valence-electron chi connectivity index (χ0n) is 11.4. The lowest BCUT2D eigenvalue weighted by Gasteiger charge is -2.13. The van der Waals surface area contributed by atoms with Crippen LogP contribution in [0, 0.1) is 0 Å². The van der Waals surface area contributed by atoms with Gasteiger partial charge in [-0.25, -0.2) is 12.7 Å². The fourth-order valence-electron chi connectivity index (χ4n) is 1.57. The van der Waals surface area contributed by atoms with Crippen LogP contribution in [0.15, 0.2) is 46.0 Å². The van der Waals surface area contributed by atoms with Crippen molar-refractivity contribution in [1.29, 1.82) is 0 Å². The van der Waals surface area contributed by atoms with Gasteiger partial charge in [-0.05, 0) is 40.2 Å². The third-order valence-electron chi connectivity index (χ3n) is 2.67. The summed E-state index contributed by atoms with van der Waals surface area (Å²) < 4.78 is 31.5. The van der Waals surface area contributed by atoms with E-state index in [1.807, 2.05) is 0 Å². The molecule has 0 aliphatic rings. The molecule has 112 valence electrons. The van der Waals surface area contributed by atoms with Gasteiger partial charge in [-0.3, -0.25) is 4.98 Å². The number of ether oxygens (including phenoxy) is 1. The highest BCUT2D eigenvalue weighted by atomic mass is 79.9. The zero-order valence-corrected chi connectivity index (χ0v) is 13.8. The van der Waals surface area contributed by atoms with Gasteiger partial charge in [0.2, 0.25) is 10.0 Å². The minimum Gasteiger partial charge on any atom is -0.454 e. The van der Waals surface area contributed by atoms with Crippen LogP contribution in [0.2, 0.25) is 0 Å². The number of benzene rings is 1. The van der Waals surface area contributed by atoms with Crippen LogP contribution in [0.5, 0.6) is 11.5 Å². The maximum absolute atomic E-state index is 12.0. The fourth-order valence-corrected chi connectivity index (χ4v) is 2.85. The van der Waals surface area contributed by atoms with Gasteiger partial charge in [0.1, 0.15) is 11.5 Å². The van der Waals surface area contributed by atoms with Gasteiger partial charge in [-0.15, -0.1) is 0 Å². The van der Waals surface area contributed by atoms with Crippen LogP contribution in [0.3, 0.4) is 0 Å². The molecule has 8 heteroatoms. The molecule has 1 heterocycles. The molecule has 0 bridgehead atoms. The summed E-state index contributed by atoms with van der Waals surface area (Å²) in [5, 5.41) is 0. The lowest BCUT2D eigenvalue weighted by molar-refractivity contribution is 0.481. The molecule has 0 aliphatic heterocycles. The molecule has 0 fully saturated rings. The average Bonchev–Trinajstić information content (AvgIpc) is 2.41. The monoisotopic (exact) mass is 371 g/mol. The number of anilines is 1. The first kappa shape index (κ1) is 15.7. The average molecular weight is 372 g/mol. The number of rotatable bonds is 4. The Hall–Kier alpha value is -1.64. The van der Waals surface area contributed by atoms with Gasteiger partial charge < -0.3 is 10.5 Å². The SMILES string of the molecule is CN(C)S(=O)(=O)c1ccc(Oc2cncc(Br)c2)c(N)c1. The maximum atomic E-state index is 12.0. The largest absolute Gasteiger partial charge is 0.454 e. The summed E-state index contributed by atoms with van der Waals surface area (Å²) in [5.41, 5.74) is 6.10. The number of nitrogens with two attached hydrogens (primary N) is 1. The summed E-state index contributed by atoms with van der Waals surface area (Å²) >= 11 is 3.29. The van der Waals surface area contributed by atoms with Crippen molar-refractivity contribution in [3.63, 3.8) is 0 Å². The number of hydrogen-bond acceptors (Lipinski definition) is 5. The Morgan fingerprint density at radius 2 is 1.95 bits per heavy atom. The Morgan fingerprint density at radius 3 is 2.52 bits per heavy atom. The Kier molecular flexibility index (Phi) is 4.50. The van der Waals surface area contributed by atoms with E-state index in [1.165, 1.54) is 38.5 Å². The van der Waals surface area contributed by atoms with Gasteiger partial charge in [0.15, 0.2) is 0 Å². The van der Waals surface area contributed by atoms with E-state index in [0.29, 0.717) is 11.5 Å². The molecule has 21 heavy (non-hydrogen) atoms. The summed E-state index contributed by atoms with van der Waals surface area (Å²) in [5.74, 6) is 0.867. The van der Waals surface area contributed by atoms with Crippen LogP contribution >= 0.6 is 15.9 Å². The molecule has 0 amide bonds. The van der Waals surface area contributed by atoms with Crippen molar-refractivity contribution in [1.82, 2.24) is 9.29 Å². The molecule has 0 spiro atoms. The second-order valence-corrected chi connectivity index (χ2v) is 7.50. The summed E-state index contributed by atoms with van der Waals surface area (Å²) in [6, 6.07) is 6.08. The normalized spacial score (nSPS) is 11.6. The van der Waals surface area contributed by atoms with Crippen molar-refractivity contribution in [2.24, 2.45) is 0 Å². The standard InChI is InChI=1S/C13H14BrN3O3S/c1-17(2)21(18,19)11-3-4-13(12(15)6-11)20-10-5-9(14)7-16-8-10/h3-8H,15H2,1-2H3. The second-order valence-electron chi connectivity index (χ2n) is 4.43. The summed E-state index contributed by atoms with van der Waals surface area (Å²) in [6.07, 6.45) is 3.16. The van der Waals surface area contributed by atoms with E-state index in [0.717, 1.165) is 8.78 Å². The number of nitrogens with zero attached hydrogens (tertiary/aromatic N) is 2. The number of nitrogen functional groups attached to an aromatic ring is 1. The topological polar surface area (TPSA) is 85.5 Å². The van der Waals surface area contributed by atoms with Crippen molar-refractivity contribution in [3.8, 4) is 11.5 Å². The minimum absolute atomic E-state index is 0.115. The van der Waals surface area contributed by atoms with Gasteiger partial charge in [-0.1, -0.05) is 0 Å². The third-order valence-corrected chi connectivity index (χ3v) is 4.91. The molecular formula is C13H14BrN3O3S. The molecule has 0 aliphatic carbocycles. The van der Waals surface area contributed by atoms with Crippen molar-refractivity contribution in [2.75, 3.05) is 19.8 Å². The van der Waals surface area contributed by atoms with Crippen LogP contribution in [0.25, 0.3) is 0 Å². The van der Waals surface area contributed by atoms with Crippen LogP contribution in [-0.2, 0) is 10.0 Å². The highest BCUT2D eigenvalue weighted by Gasteiger charge is 2.18. The van der Waals surface area contributed by atoms with E-state index >= 15 is 0 Å². The Balaban J connectivity index is 2.32. The van der Waals surface area contributed by atoms with Gasteiger partial charge in [0.05, 0.1) is 16.8 Å². The Morgan fingerprint density at radius 1 is 1.24 bits per heavy atom. The van der Waals surface area contributed by atoms with Gasteiger partial charge >= 0.3 is 0 Å². The zero-order chi connectivity index (χ0) is 15.6. The quantitative estimate of drug-likeness (QED) is 0.834. The fraction of sp³-hybridized carbons (Fsp3) is 0.154. The van der Waals surface area contributed by atoms with Gasteiger partial charge in [0.25, 0.3) is 0 Å². The molecule has 0 unspecified atom stereocenters. The highest BCUT2D eigenvalue weighted by Crippen LogP contribution is 2.30. The molecule has 6 nitrogen and oxygen atoms in total. The molecule has 2 N–H and O–H groups in total. The number of pyridine rings is 1. The van der Waals surface area contributed by atoms with Crippen molar-refractivity contribution < 1.29 is 13.2 Å². The first-order valence-corrected chi connectivity index (χ1v) is 8.14. The van der Waals surface area contributed by atoms with E-state index in [4.69, 9.17) is 10.5 Å². The maximum Gasteiger partial charge on any atom is 0.242 e. The Bertz CT molecular complexity index is 763. The van der Waals surface area contributed by atoms with Crippen LogP contribution in [-0.4, -0.2) is 31.8 Å². The smallest absolute Gasteiger partial charge is 0.242 e. The number of hydrogen-bond donors (Lipinski definition) is 1. The molecule has 0 atom stereocenters. The van der Waals surface area contributed by atoms with E-state index in [-0.39, 0.29) is 10.6 Å². The molecule has 1 aromatic carbocycles. The number of aromatic nitrogens is 1. The molecule has 0 saturated carbocycles. The predicted octanol–water partition coefficient (Wildman–Crippen LogP) is 2.47. The summed E-state index contributed by atoms with van der Waals surface area (Å²) in [4.78, 5) is 4.09. The summed E-state index contributed by atoms with van der Waals surface area (Å²) in [7, 11) is -0.595. The van der Waals surface area contributed by atoms with Crippen molar-refractivity contribution in [3.05, 3.63) is 41.1 Å². The molecule has 2 aromatic rings. The van der Waals surface area contributed by atoms with E-state index < -0.39 is 10.0 Å². The lowest BCUT2D eigenvalue weighted by Crippen LogP contribution is -2.22. The molecule has 1 aromatic heterocycles. The van der Waals surface area contributed by atoms with E-state index in [9.17, 15) is 8.42 Å². The highest BCUT2D eigenvalue weighted by molar-refractivity contribution is 9.10. The summed E-state index contributed by atoms with van der Waals surface area (Å²) in [6.45, 7) is 0. The van der Waals surface area contributed by atoms with Crippen LogP contribution < -0.4 is 10.5 Å². The van der Waals surface area contributed by atoms with Gasteiger partial charge in [-0.2, -0.15) is 0 Å². The van der Waals surface area contributed by atoms with E-state index in [2.05, 4.69) is 20.9 Å². The first-order valence-electron chi connectivity index (χ1n) is 5.91. The molecule has 0 saturated heterocycles. The van der Waals surface area contributed by atoms with Crippen LogP contribution in [0.1, 0.15) is 0 Å². The van der Waals surface area contributed by atoms with Gasteiger partial charge in [0, 0.05) is 24.8 Å². The van der Waals surface area contributed by atoms with E-state index in [1.54, 1.807) is 12.3 Å². The second kappa shape index (κ2) is 6.00. The minimum atomic E-state index is -3.52. The lowest BCUT2D eigenvalue weighted by atomic mass is 10.3. The molecule has 0 radical (unpaired) electrons.